The summed E-state index contributed by atoms with van der Waals surface area (Å²) < 4.78 is 18.4. The third-order valence-corrected chi connectivity index (χ3v) is 3.54. The Morgan fingerprint density at radius 2 is 2.16 bits per heavy atom. The van der Waals surface area contributed by atoms with Crippen molar-refractivity contribution in [3.05, 3.63) is 35.1 Å². The molecule has 1 N–H and O–H groups in total. The topological polar surface area (TPSA) is 49.8 Å². The number of nitrogens with zero attached hydrogens (tertiary/aromatic N) is 1. The summed E-state index contributed by atoms with van der Waals surface area (Å²) >= 11 is 0. The fourth-order valence-corrected chi connectivity index (χ4v) is 2.41. The first kappa shape index (κ1) is 14.0. The molecular formula is C14H18FNO3. The van der Waals surface area contributed by atoms with Crippen LogP contribution in [0.15, 0.2) is 18.2 Å². The molecule has 2 rings (SSSR count). The van der Waals surface area contributed by atoms with Crippen molar-refractivity contribution in [3.63, 3.8) is 0 Å². The first-order chi connectivity index (χ1) is 9.08. The van der Waals surface area contributed by atoms with E-state index in [1.807, 2.05) is 7.05 Å². The Labute approximate surface area is 111 Å². The Bertz CT molecular complexity index is 458. The summed E-state index contributed by atoms with van der Waals surface area (Å²) in [5.74, 6) is -1.61. The lowest BCUT2D eigenvalue weighted by Gasteiger charge is -2.31. The first-order valence-corrected chi connectivity index (χ1v) is 6.37. The number of carbonyl (C=O) groups is 1. The minimum Gasteiger partial charge on any atom is -0.478 e. The highest BCUT2D eigenvalue weighted by atomic mass is 19.1. The Kier molecular flexibility index (Phi) is 4.50. The summed E-state index contributed by atoms with van der Waals surface area (Å²) in [4.78, 5) is 13.2. The molecule has 1 heterocycles. The average molecular weight is 267 g/mol. The zero-order valence-corrected chi connectivity index (χ0v) is 10.9. The van der Waals surface area contributed by atoms with Crippen LogP contribution < -0.4 is 0 Å². The molecule has 1 saturated heterocycles. The smallest absolute Gasteiger partial charge is 0.336 e. The largest absolute Gasteiger partial charge is 0.478 e. The van der Waals surface area contributed by atoms with Crippen LogP contribution in [0.4, 0.5) is 4.39 Å². The fraction of sp³-hybridized carbons (Fsp3) is 0.500. The Morgan fingerprint density at radius 1 is 1.47 bits per heavy atom. The molecule has 4 nitrogen and oxygen atoms in total. The number of halogens is 1. The second kappa shape index (κ2) is 6.12. The molecule has 1 fully saturated rings. The number of carboxylic acid groups (broad SMARTS) is 1. The van der Waals surface area contributed by atoms with Gasteiger partial charge in [0.2, 0.25) is 0 Å². The molecule has 0 aromatic heterocycles. The van der Waals surface area contributed by atoms with Crippen molar-refractivity contribution in [2.45, 2.75) is 25.4 Å². The predicted molar refractivity (Wildman–Crippen MR) is 68.7 cm³/mol. The van der Waals surface area contributed by atoms with Crippen LogP contribution >= 0.6 is 0 Å². The van der Waals surface area contributed by atoms with Crippen molar-refractivity contribution in [2.75, 3.05) is 20.3 Å². The highest BCUT2D eigenvalue weighted by Crippen LogP contribution is 2.18. The van der Waals surface area contributed by atoms with Gasteiger partial charge in [0.15, 0.2) is 0 Å². The van der Waals surface area contributed by atoms with Gasteiger partial charge in [0.05, 0.1) is 5.56 Å². The molecule has 1 aliphatic heterocycles. The van der Waals surface area contributed by atoms with E-state index < -0.39 is 11.8 Å². The quantitative estimate of drug-likeness (QED) is 0.908. The molecule has 0 amide bonds. The lowest BCUT2D eigenvalue weighted by atomic mass is 10.0. The maximum atomic E-state index is 13.1. The molecule has 104 valence electrons. The number of benzene rings is 1. The molecule has 1 aromatic carbocycles. The van der Waals surface area contributed by atoms with Crippen LogP contribution in [0.2, 0.25) is 0 Å². The summed E-state index contributed by atoms with van der Waals surface area (Å²) in [5, 5.41) is 9.11. The van der Waals surface area contributed by atoms with Gasteiger partial charge in [-0.3, -0.25) is 4.90 Å². The molecular weight excluding hydrogens is 249 g/mol. The van der Waals surface area contributed by atoms with E-state index >= 15 is 0 Å². The molecule has 1 aliphatic rings. The fourth-order valence-electron chi connectivity index (χ4n) is 2.41. The summed E-state index contributed by atoms with van der Waals surface area (Å²) in [5.41, 5.74) is 0.682. The van der Waals surface area contributed by atoms with Gasteiger partial charge in [-0.1, -0.05) is 6.07 Å². The maximum absolute atomic E-state index is 13.1. The summed E-state index contributed by atoms with van der Waals surface area (Å²) in [6.45, 7) is 1.99. The predicted octanol–water partition coefficient (Wildman–Crippen LogP) is 2.13. The van der Waals surface area contributed by atoms with E-state index in [4.69, 9.17) is 9.84 Å². The van der Waals surface area contributed by atoms with Crippen molar-refractivity contribution in [3.8, 4) is 0 Å². The molecule has 0 unspecified atom stereocenters. The first-order valence-electron chi connectivity index (χ1n) is 6.37. The SMILES string of the molecule is CN(Cc1ccc(F)cc1C(=O)O)C1CCOCC1. The summed E-state index contributed by atoms with van der Waals surface area (Å²) in [6, 6.07) is 4.32. The number of hydrogen-bond acceptors (Lipinski definition) is 3. The van der Waals surface area contributed by atoms with Crippen LogP contribution in [0, 0.1) is 5.82 Å². The van der Waals surface area contributed by atoms with E-state index in [-0.39, 0.29) is 5.56 Å². The zero-order valence-electron chi connectivity index (χ0n) is 10.9. The number of carboxylic acids is 1. The van der Waals surface area contributed by atoms with E-state index in [1.165, 1.54) is 6.07 Å². The molecule has 0 saturated carbocycles. The molecule has 0 atom stereocenters. The van der Waals surface area contributed by atoms with Gasteiger partial charge in [-0.25, -0.2) is 9.18 Å². The van der Waals surface area contributed by atoms with E-state index in [2.05, 4.69) is 4.90 Å². The molecule has 0 radical (unpaired) electrons. The van der Waals surface area contributed by atoms with E-state index in [1.54, 1.807) is 6.07 Å². The van der Waals surface area contributed by atoms with Crippen molar-refractivity contribution in [2.24, 2.45) is 0 Å². The normalized spacial score (nSPS) is 16.8. The van der Waals surface area contributed by atoms with Crippen LogP contribution in [0.3, 0.4) is 0 Å². The van der Waals surface area contributed by atoms with Gasteiger partial charge in [0, 0.05) is 25.8 Å². The van der Waals surface area contributed by atoms with E-state index in [0.29, 0.717) is 18.2 Å². The van der Waals surface area contributed by atoms with Crippen LogP contribution in [0.25, 0.3) is 0 Å². The third-order valence-electron chi connectivity index (χ3n) is 3.54. The number of ether oxygens (including phenoxy) is 1. The Balaban J connectivity index is 2.11. The van der Waals surface area contributed by atoms with Gasteiger partial charge in [0.25, 0.3) is 0 Å². The highest BCUT2D eigenvalue weighted by molar-refractivity contribution is 5.89. The van der Waals surface area contributed by atoms with Crippen LogP contribution in [-0.2, 0) is 11.3 Å². The minimum absolute atomic E-state index is 0.0407. The highest BCUT2D eigenvalue weighted by Gasteiger charge is 2.20. The Morgan fingerprint density at radius 3 is 2.79 bits per heavy atom. The van der Waals surface area contributed by atoms with Crippen LogP contribution in [0.5, 0.6) is 0 Å². The van der Waals surface area contributed by atoms with Gasteiger partial charge in [-0.15, -0.1) is 0 Å². The molecule has 0 spiro atoms. The lowest BCUT2D eigenvalue weighted by Crippen LogP contribution is -2.36. The second-order valence-electron chi connectivity index (χ2n) is 4.87. The molecule has 19 heavy (non-hydrogen) atoms. The molecule has 0 aliphatic carbocycles. The van der Waals surface area contributed by atoms with E-state index in [0.717, 1.165) is 32.1 Å². The van der Waals surface area contributed by atoms with Crippen molar-refractivity contribution >= 4 is 5.97 Å². The van der Waals surface area contributed by atoms with Gasteiger partial charge >= 0.3 is 5.97 Å². The van der Waals surface area contributed by atoms with Crippen molar-refractivity contribution < 1.29 is 19.0 Å². The number of rotatable bonds is 4. The number of hydrogen-bond donors (Lipinski definition) is 1. The van der Waals surface area contributed by atoms with Gasteiger partial charge in [0.1, 0.15) is 5.82 Å². The van der Waals surface area contributed by atoms with Gasteiger partial charge < -0.3 is 9.84 Å². The van der Waals surface area contributed by atoms with Gasteiger partial charge in [-0.05, 0) is 37.6 Å². The lowest BCUT2D eigenvalue weighted by molar-refractivity contribution is 0.0404. The standard InChI is InChI=1S/C14H18FNO3/c1-16(12-4-6-19-7-5-12)9-10-2-3-11(15)8-13(10)14(17)18/h2-3,8,12H,4-7,9H2,1H3,(H,17,18). The summed E-state index contributed by atoms with van der Waals surface area (Å²) in [7, 11) is 1.96. The molecule has 0 bridgehead atoms. The van der Waals surface area contributed by atoms with Crippen LogP contribution in [0.1, 0.15) is 28.8 Å². The van der Waals surface area contributed by atoms with E-state index in [9.17, 15) is 9.18 Å². The number of aromatic carboxylic acids is 1. The van der Waals surface area contributed by atoms with Crippen LogP contribution in [-0.4, -0.2) is 42.3 Å². The maximum Gasteiger partial charge on any atom is 0.336 e. The monoisotopic (exact) mass is 267 g/mol. The van der Waals surface area contributed by atoms with Crippen molar-refractivity contribution in [1.82, 2.24) is 4.90 Å². The Hall–Kier alpha value is -1.46. The summed E-state index contributed by atoms with van der Waals surface area (Å²) in [6.07, 6.45) is 1.89. The molecule has 5 heteroatoms. The molecule has 1 aromatic rings. The zero-order chi connectivity index (χ0) is 13.8. The van der Waals surface area contributed by atoms with Gasteiger partial charge in [-0.2, -0.15) is 0 Å². The second-order valence-corrected chi connectivity index (χ2v) is 4.87. The van der Waals surface area contributed by atoms with Crippen molar-refractivity contribution in [1.29, 1.82) is 0 Å². The average Bonchev–Trinajstić information content (AvgIpc) is 2.41. The third kappa shape index (κ3) is 3.52. The minimum atomic E-state index is -1.09.